The molecule has 0 heteroatoms. The van der Waals surface area contributed by atoms with Gasteiger partial charge in [-0.2, -0.15) is 0 Å². The molecule has 2 rings (SSSR count). The molecule has 2 aromatic rings. The van der Waals surface area contributed by atoms with Gasteiger partial charge in [-0.05, 0) is 74.3 Å². The first kappa shape index (κ1) is 21.0. The maximum absolute atomic E-state index is 2.28. The Bertz CT molecular complexity index is 803. The van der Waals surface area contributed by atoms with Gasteiger partial charge in [-0.1, -0.05) is 91.7 Å². The highest BCUT2D eigenvalue weighted by atomic mass is 14.1. The van der Waals surface area contributed by atoms with E-state index < -0.39 is 0 Å². The van der Waals surface area contributed by atoms with E-state index in [0.717, 1.165) is 0 Å². The van der Waals surface area contributed by atoms with Crippen molar-refractivity contribution in [2.24, 2.45) is 0 Å². The van der Waals surface area contributed by atoms with Gasteiger partial charge in [0.1, 0.15) is 0 Å². The summed E-state index contributed by atoms with van der Waals surface area (Å²) in [5.41, 5.74) is 9.27. The maximum atomic E-state index is 2.28. The van der Waals surface area contributed by atoms with E-state index in [1.807, 2.05) is 0 Å². The zero-order valence-corrected chi connectivity index (χ0v) is 17.8. The largest absolute Gasteiger partial charge is 0.0683 e. The number of benzene rings is 2. The standard InChI is InChI=1S/C27H34/c1-7-24(8-2)25-18-14-23(15-19-25)11-9-10-22(6)27(20(3)4)26-16-12-21(5)13-17-26/h9-19,24H,7-8H2,1-6H3/b11-9+,22-10+. The molecular formula is C27H34. The lowest BCUT2D eigenvalue weighted by Gasteiger charge is -2.12. The minimum absolute atomic E-state index is 0.680. The molecule has 0 aliphatic carbocycles. The van der Waals surface area contributed by atoms with Crippen LogP contribution in [0.4, 0.5) is 0 Å². The van der Waals surface area contributed by atoms with Crippen LogP contribution in [0.2, 0.25) is 0 Å². The number of hydrogen-bond donors (Lipinski definition) is 0. The SMILES string of the molecule is CCC(CC)c1ccc(/C=C/C=C(\C)C(=C(C)C)c2ccc(C)cc2)cc1. The Morgan fingerprint density at radius 3 is 1.96 bits per heavy atom. The molecule has 0 radical (unpaired) electrons. The fraction of sp³-hybridized carbons (Fsp3) is 0.333. The van der Waals surface area contributed by atoms with E-state index in [-0.39, 0.29) is 0 Å². The summed E-state index contributed by atoms with van der Waals surface area (Å²) in [7, 11) is 0. The Hall–Kier alpha value is -2.34. The fourth-order valence-electron chi connectivity index (χ4n) is 3.66. The molecule has 0 aromatic heterocycles. The number of hydrogen-bond acceptors (Lipinski definition) is 0. The summed E-state index contributed by atoms with van der Waals surface area (Å²) < 4.78 is 0. The molecule has 0 saturated carbocycles. The van der Waals surface area contributed by atoms with Crippen LogP contribution in [0.25, 0.3) is 11.6 Å². The van der Waals surface area contributed by atoms with E-state index >= 15 is 0 Å². The minimum atomic E-state index is 0.680. The molecule has 0 spiro atoms. The average molecular weight is 359 g/mol. The van der Waals surface area contributed by atoms with Crippen molar-refractivity contribution in [1.29, 1.82) is 0 Å². The predicted molar refractivity (Wildman–Crippen MR) is 122 cm³/mol. The molecule has 0 N–H and O–H groups in total. The second-order valence-corrected chi connectivity index (χ2v) is 7.63. The third kappa shape index (κ3) is 5.82. The molecule has 0 heterocycles. The smallest absolute Gasteiger partial charge is 0.0167 e. The maximum Gasteiger partial charge on any atom is -0.0167 e. The highest BCUT2D eigenvalue weighted by molar-refractivity contribution is 5.81. The van der Waals surface area contributed by atoms with Crippen molar-refractivity contribution in [2.45, 2.75) is 60.3 Å². The molecule has 0 saturated heterocycles. The van der Waals surface area contributed by atoms with Crippen LogP contribution in [0.5, 0.6) is 0 Å². The van der Waals surface area contributed by atoms with Crippen molar-refractivity contribution in [3.05, 3.63) is 94.1 Å². The molecule has 0 aliphatic rings. The van der Waals surface area contributed by atoms with Gasteiger partial charge in [0.25, 0.3) is 0 Å². The van der Waals surface area contributed by atoms with Gasteiger partial charge in [-0.15, -0.1) is 0 Å². The first-order valence-corrected chi connectivity index (χ1v) is 10.2. The molecule has 0 nitrogen and oxygen atoms in total. The number of allylic oxidation sites excluding steroid dienone is 5. The van der Waals surface area contributed by atoms with Gasteiger partial charge in [-0.25, -0.2) is 0 Å². The van der Waals surface area contributed by atoms with E-state index in [0.29, 0.717) is 5.92 Å². The molecule has 0 unspecified atom stereocenters. The van der Waals surface area contributed by atoms with Crippen LogP contribution in [-0.4, -0.2) is 0 Å². The van der Waals surface area contributed by atoms with Crippen LogP contribution < -0.4 is 0 Å². The van der Waals surface area contributed by atoms with Crippen LogP contribution in [0.15, 0.2) is 71.8 Å². The van der Waals surface area contributed by atoms with Crippen molar-refractivity contribution >= 4 is 11.6 Å². The van der Waals surface area contributed by atoms with Crippen molar-refractivity contribution < 1.29 is 0 Å². The van der Waals surface area contributed by atoms with Gasteiger partial charge in [0.2, 0.25) is 0 Å². The van der Waals surface area contributed by atoms with E-state index in [4.69, 9.17) is 0 Å². The van der Waals surface area contributed by atoms with Crippen LogP contribution in [0.1, 0.15) is 75.6 Å². The molecular weight excluding hydrogens is 324 g/mol. The molecule has 0 fully saturated rings. The zero-order valence-electron chi connectivity index (χ0n) is 17.8. The second kappa shape index (κ2) is 10.1. The van der Waals surface area contributed by atoms with Crippen molar-refractivity contribution in [3.63, 3.8) is 0 Å². The van der Waals surface area contributed by atoms with Gasteiger partial charge in [-0.3, -0.25) is 0 Å². The monoisotopic (exact) mass is 358 g/mol. The molecule has 2 aromatic carbocycles. The van der Waals surface area contributed by atoms with Crippen molar-refractivity contribution in [2.75, 3.05) is 0 Å². The molecule has 142 valence electrons. The lowest BCUT2D eigenvalue weighted by molar-refractivity contribution is 0.642. The number of aryl methyl sites for hydroxylation is 1. The zero-order chi connectivity index (χ0) is 19.8. The quantitative estimate of drug-likeness (QED) is 0.436. The lowest BCUT2D eigenvalue weighted by Crippen LogP contribution is -1.94. The summed E-state index contributed by atoms with van der Waals surface area (Å²) in [6.07, 6.45) is 8.99. The van der Waals surface area contributed by atoms with Gasteiger partial charge < -0.3 is 0 Å². The summed E-state index contributed by atoms with van der Waals surface area (Å²) in [6.45, 7) is 13.2. The lowest BCUT2D eigenvalue weighted by atomic mass is 9.93. The van der Waals surface area contributed by atoms with Crippen LogP contribution in [0, 0.1) is 6.92 Å². The van der Waals surface area contributed by atoms with E-state index in [1.54, 1.807) is 0 Å². The second-order valence-electron chi connectivity index (χ2n) is 7.63. The third-order valence-corrected chi connectivity index (χ3v) is 5.26. The Labute approximate surface area is 166 Å². The summed E-state index contributed by atoms with van der Waals surface area (Å²) >= 11 is 0. The van der Waals surface area contributed by atoms with E-state index in [9.17, 15) is 0 Å². The van der Waals surface area contributed by atoms with Crippen LogP contribution in [-0.2, 0) is 0 Å². The minimum Gasteiger partial charge on any atom is -0.0683 e. The molecule has 0 atom stereocenters. The van der Waals surface area contributed by atoms with Gasteiger partial charge >= 0.3 is 0 Å². The van der Waals surface area contributed by atoms with Gasteiger partial charge in [0.15, 0.2) is 0 Å². The van der Waals surface area contributed by atoms with Gasteiger partial charge in [0, 0.05) is 0 Å². The fourth-order valence-corrected chi connectivity index (χ4v) is 3.66. The van der Waals surface area contributed by atoms with Crippen LogP contribution >= 0.6 is 0 Å². The van der Waals surface area contributed by atoms with E-state index in [1.165, 1.54) is 51.8 Å². The van der Waals surface area contributed by atoms with Crippen molar-refractivity contribution in [3.8, 4) is 0 Å². The highest BCUT2D eigenvalue weighted by Crippen LogP contribution is 2.27. The van der Waals surface area contributed by atoms with E-state index in [2.05, 4.69) is 108 Å². The molecule has 0 aliphatic heterocycles. The average Bonchev–Trinajstić information content (AvgIpc) is 2.65. The Morgan fingerprint density at radius 1 is 0.852 bits per heavy atom. The Morgan fingerprint density at radius 2 is 1.44 bits per heavy atom. The van der Waals surface area contributed by atoms with Crippen LogP contribution in [0.3, 0.4) is 0 Å². The Kier molecular flexibility index (Phi) is 7.85. The summed E-state index contributed by atoms with van der Waals surface area (Å²) in [5, 5.41) is 0. The predicted octanol–water partition coefficient (Wildman–Crippen LogP) is 8.35. The molecule has 0 amide bonds. The number of rotatable bonds is 7. The van der Waals surface area contributed by atoms with Gasteiger partial charge in [0.05, 0.1) is 0 Å². The topological polar surface area (TPSA) is 0 Å². The molecule has 0 bridgehead atoms. The Balaban J connectivity index is 2.17. The summed E-state index contributed by atoms with van der Waals surface area (Å²) in [5.74, 6) is 0.680. The normalized spacial score (nSPS) is 12.0. The highest BCUT2D eigenvalue weighted by Gasteiger charge is 2.06. The van der Waals surface area contributed by atoms with Crippen molar-refractivity contribution in [1.82, 2.24) is 0 Å². The first-order valence-electron chi connectivity index (χ1n) is 10.2. The summed E-state index contributed by atoms with van der Waals surface area (Å²) in [4.78, 5) is 0. The summed E-state index contributed by atoms with van der Waals surface area (Å²) in [6, 6.07) is 17.8. The first-order chi connectivity index (χ1) is 13.0. The molecule has 27 heavy (non-hydrogen) atoms. The third-order valence-electron chi connectivity index (χ3n) is 5.26.